The van der Waals surface area contributed by atoms with Crippen molar-refractivity contribution in [1.29, 1.82) is 5.26 Å². The minimum Gasteiger partial charge on any atom is -0.382 e. The summed E-state index contributed by atoms with van der Waals surface area (Å²) in [5, 5.41) is 17.1. The molecular formula is C22H25N7. The van der Waals surface area contributed by atoms with Crippen LogP contribution >= 0.6 is 0 Å². The number of nitrogens with zero attached hydrogens (tertiary/aromatic N) is 4. The minimum absolute atomic E-state index is 0.356. The molecule has 0 aliphatic carbocycles. The molecule has 7 nitrogen and oxygen atoms in total. The molecule has 3 rings (SSSR count). The third-order valence-electron chi connectivity index (χ3n) is 4.57. The lowest BCUT2D eigenvalue weighted by Crippen LogP contribution is -2.23. The largest absolute Gasteiger partial charge is 0.382 e. The van der Waals surface area contributed by atoms with Crippen LogP contribution in [0.3, 0.4) is 0 Å². The van der Waals surface area contributed by atoms with Gasteiger partial charge in [-0.1, -0.05) is 37.3 Å². The zero-order valence-corrected chi connectivity index (χ0v) is 16.5. The average Bonchev–Trinajstić information content (AvgIpc) is 3.07. The zero-order chi connectivity index (χ0) is 20.6. The maximum Gasteiger partial charge on any atom is 0.193 e. The normalized spacial score (nSPS) is 11.2. The SMILES string of the molecule is CCc1cccc(NC(N)=NCCCc2nn(-c3ccccc3)c(N)c2C#N)c1. The predicted octanol–water partition coefficient (Wildman–Crippen LogP) is 3.25. The van der Waals surface area contributed by atoms with Gasteiger partial charge in [0.15, 0.2) is 5.96 Å². The highest BCUT2D eigenvalue weighted by Gasteiger charge is 2.15. The summed E-state index contributed by atoms with van der Waals surface area (Å²) in [6.45, 7) is 2.63. The van der Waals surface area contributed by atoms with E-state index in [1.165, 1.54) is 5.56 Å². The van der Waals surface area contributed by atoms with Gasteiger partial charge < -0.3 is 16.8 Å². The summed E-state index contributed by atoms with van der Waals surface area (Å²) >= 11 is 0. The minimum atomic E-state index is 0.356. The molecule has 1 aromatic heterocycles. The van der Waals surface area contributed by atoms with E-state index < -0.39 is 0 Å². The molecule has 0 bridgehead atoms. The fraction of sp³-hybridized carbons (Fsp3) is 0.227. The van der Waals surface area contributed by atoms with E-state index >= 15 is 0 Å². The first-order valence-electron chi connectivity index (χ1n) is 9.61. The van der Waals surface area contributed by atoms with Gasteiger partial charge in [-0.25, -0.2) is 4.68 Å². The van der Waals surface area contributed by atoms with E-state index in [9.17, 15) is 5.26 Å². The van der Waals surface area contributed by atoms with Crippen molar-refractivity contribution >= 4 is 17.5 Å². The number of aliphatic imine (C=N–C) groups is 1. The molecule has 2 aromatic carbocycles. The Bertz CT molecular complexity index is 1030. The molecule has 0 atom stereocenters. The van der Waals surface area contributed by atoms with E-state index in [4.69, 9.17) is 11.5 Å². The second-order valence-electron chi connectivity index (χ2n) is 6.62. The maximum atomic E-state index is 9.47. The lowest BCUT2D eigenvalue weighted by molar-refractivity contribution is 0.776. The average molecular weight is 387 g/mol. The molecule has 3 aromatic rings. The van der Waals surface area contributed by atoms with Gasteiger partial charge in [-0.15, -0.1) is 0 Å². The summed E-state index contributed by atoms with van der Waals surface area (Å²) < 4.78 is 1.60. The number of aryl methyl sites for hydroxylation is 2. The zero-order valence-electron chi connectivity index (χ0n) is 16.5. The van der Waals surface area contributed by atoms with Crippen molar-refractivity contribution in [3.05, 3.63) is 71.4 Å². The number of anilines is 2. The van der Waals surface area contributed by atoms with Gasteiger partial charge in [0, 0.05) is 12.2 Å². The number of nitrogens with two attached hydrogens (primary N) is 2. The Kier molecular flexibility index (Phi) is 6.48. The quantitative estimate of drug-likeness (QED) is 0.327. The Morgan fingerprint density at radius 2 is 2.00 bits per heavy atom. The predicted molar refractivity (Wildman–Crippen MR) is 117 cm³/mol. The van der Waals surface area contributed by atoms with Crippen LogP contribution in [0.4, 0.5) is 11.5 Å². The molecule has 0 spiro atoms. The first kappa shape index (κ1) is 20.0. The number of guanidine groups is 1. The molecule has 0 radical (unpaired) electrons. The van der Waals surface area contributed by atoms with Crippen molar-refractivity contribution in [3.63, 3.8) is 0 Å². The first-order valence-corrected chi connectivity index (χ1v) is 9.61. The number of hydrogen-bond acceptors (Lipinski definition) is 4. The van der Waals surface area contributed by atoms with Crippen LogP contribution in [0, 0.1) is 11.3 Å². The molecule has 0 unspecified atom stereocenters. The van der Waals surface area contributed by atoms with Gasteiger partial charge in [0.05, 0.1) is 11.4 Å². The van der Waals surface area contributed by atoms with E-state index in [0.29, 0.717) is 42.4 Å². The lowest BCUT2D eigenvalue weighted by atomic mass is 10.1. The van der Waals surface area contributed by atoms with Crippen molar-refractivity contribution in [2.45, 2.75) is 26.2 Å². The molecule has 29 heavy (non-hydrogen) atoms. The van der Waals surface area contributed by atoms with E-state index in [1.54, 1.807) is 4.68 Å². The van der Waals surface area contributed by atoms with Crippen molar-refractivity contribution in [1.82, 2.24) is 9.78 Å². The number of nitrogen functional groups attached to an aromatic ring is 1. The number of nitriles is 1. The number of aromatic nitrogens is 2. The molecule has 0 saturated carbocycles. The first-order chi connectivity index (χ1) is 14.1. The van der Waals surface area contributed by atoms with Crippen molar-refractivity contribution in [2.24, 2.45) is 10.7 Å². The molecule has 7 heteroatoms. The monoisotopic (exact) mass is 387 g/mol. The van der Waals surface area contributed by atoms with Crippen LogP contribution in [0.5, 0.6) is 0 Å². The van der Waals surface area contributed by atoms with Crippen molar-refractivity contribution in [3.8, 4) is 11.8 Å². The van der Waals surface area contributed by atoms with Crippen LogP contribution in [0.25, 0.3) is 5.69 Å². The van der Waals surface area contributed by atoms with Gasteiger partial charge in [-0.05, 0) is 49.1 Å². The fourth-order valence-corrected chi connectivity index (χ4v) is 3.04. The summed E-state index contributed by atoms with van der Waals surface area (Å²) in [6, 6.07) is 19.8. The lowest BCUT2D eigenvalue weighted by Gasteiger charge is -2.07. The number of benzene rings is 2. The summed E-state index contributed by atoms with van der Waals surface area (Å²) in [4.78, 5) is 4.37. The molecule has 5 N–H and O–H groups in total. The third kappa shape index (κ3) is 4.93. The van der Waals surface area contributed by atoms with Crippen LogP contribution in [0.15, 0.2) is 59.6 Å². The van der Waals surface area contributed by atoms with E-state index in [-0.39, 0.29) is 0 Å². The molecule has 1 heterocycles. The fourth-order valence-electron chi connectivity index (χ4n) is 3.04. The molecule has 0 fully saturated rings. The molecule has 0 saturated heterocycles. The van der Waals surface area contributed by atoms with Crippen LogP contribution < -0.4 is 16.8 Å². The number of nitrogens with one attached hydrogen (secondary N) is 1. The molecule has 0 amide bonds. The summed E-state index contributed by atoms with van der Waals surface area (Å²) in [5.74, 6) is 0.724. The second-order valence-corrected chi connectivity index (χ2v) is 6.62. The Morgan fingerprint density at radius 3 is 2.72 bits per heavy atom. The van der Waals surface area contributed by atoms with Gasteiger partial charge in [0.1, 0.15) is 17.5 Å². The number of para-hydroxylation sites is 1. The highest BCUT2D eigenvalue weighted by atomic mass is 15.3. The van der Waals surface area contributed by atoms with Crippen LogP contribution in [-0.2, 0) is 12.8 Å². The van der Waals surface area contributed by atoms with E-state index in [2.05, 4.69) is 40.5 Å². The highest BCUT2D eigenvalue weighted by Crippen LogP contribution is 2.21. The van der Waals surface area contributed by atoms with Crippen LogP contribution in [-0.4, -0.2) is 22.3 Å². The Morgan fingerprint density at radius 1 is 1.21 bits per heavy atom. The third-order valence-corrected chi connectivity index (χ3v) is 4.57. The van der Waals surface area contributed by atoms with Crippen molar-refractivity contribution in [2.75, 3.05) is 17.6 Å². The second kappa shape index (κ2) is 9.42. The summed E-state index contributed by atoms with van der Waals surface area (Å²) in [7, 11) is 0. The van der Waals surface area contributed by atoms with Crippen molar-refractivity contribution < 1.29 is 0 Å². The summed E-state index contributed by atoms with van der Waals surface area (Å²) in [6.07, 6.45) is 2.26. The maximum absolute atomic E-state index is 9.47. The number of hydrogen-bond donors (Lipinski definition) is 3. The van der Waals surface area contributed by atoms with Gasteiger partial charge in [0.25, 0.3) is 0 Å². The van der Waals surface area contributed by atoms with Gasteiger partial charge in [-0.2, -0.15) is 10.4 Å². The molecule has 0 aliphatic heterocycles. The smallest absolute Gasteiger partial charge is 0.193 e. The van der Waals surface area contributed by atoms with Crippen LogP contribution in [0.2, 0.25) is 0 Å². The van der Waals surface area contributed by atoms with E-state index in [0.717, 1.165) is 17.8 Å². The van der Waals surface area contributed by atoms with E-state index in [1.807, 2.05) is 42.5 Å². The van der Waals surface area contributed by atoms with Gasteiger partial charge >= 0.3 is 0 Å². The standard InChI is InChI=1S/C22H25N7/c1-2-16-8-6-9-17(14-16)27-22(25)26-13-7-12-20-19(15-23)21(24)29(28-20)18-10-4-3-5-11-18/h3-6,8-11,14H,2,7,12-13,24H2,1H3,(H3,25,26,27). The van der Waals surface area contributed by atoms with Gasteiger partial charge in [-0.3, -0.25) is 4.99 Å². The Balaban J connectivity index is 1.61. The van der Waals surface area contributed by atoms with Crippen LogP contribution in [0.1, 0.15) is 30.2 Å². The molecular weight excluding hydrogens is 362 g/mol. The highest BCUT2D eigenvalue weighted by molar-refractivity contribution is 5.92. The number of rotatable bonds is 7. The summed E-state index contributed by atoms with van der Waals surface area (Å²) in [5.41, 5.74) is 16.2. The van der Waals surface area contributed by atoms with Gasteiger partial charge in [0.2, 0.25) is 0 Å². The topological polar surface area (TPSA) is 118 Å². The molecule has 0 aliphatic rings. The Labute approximate surface area is 170 Å². The molecule has 148 valence electrons. The Hall–Kier alpha value is -3.79.